The number of nitrogens with one attached hydrogen (secondary N) is 2. The summed E-state index contributed by atoms with van der Waals surface area (Å²) in [6, 6.07) is 9.39. The highest BCUT2D eigenvalue weighted by atomic mass is 35.5. The molecule has 1 aromatic carbocycles. The zero-order valence-electron chi connectivity index (χ0n) is 22.1. The van der Waals surface area contributed by atoms with E-state index in [2.05, 4.69) is 35.7 Å². The summed E-state index contributed by atoms with van der Waals surface area (Å²) in [5.41, 5.74) is 2.23. The predicted molar refractivity (Wildman–Crippen MR) is 143 cm³/mol. The number of halogens is 4. The fourth-order valence-electron chi connectivity index (χ4n) is 4.28. The summed E-state index contributed by atoms with van der Waals surface area (Å²) in [6.07, 6.45) is -6.48. The molecule has 0 saturated carbocycles. The summed E-state index contributed by atoms with van der Waals surface area (Å²) in [5.74, 6) is -0.0990. The third kappa shape index (κ3) is 5.90. The van der Waals surface area contributed by atoms with E-state index in [1.165, 1.54) is 41.5 Å². The summed E-state index contributed by atoms with van der Waals surface area (Å²) < 4.78 is 40.8. The van der Waals surface area contributed by atoms with Crippen LogP contribution < -0.4 is 5.32 Å². The number of hydrazone groups is 1. The van der Waals surface area contributed by atoms with Gasteiger partial charge in [-0.3, -0.25) is 9.89 Å². The number of rotatable bonds is 8. The van der Waals surface area contributed by atoms with Crippen molar-refractivity contribution in [2.75, 3.05) is 11.9 Å². The number of aryl methyl sites for hydroxylation is 2. The number of aliphatic hydroxyl groups excluding tert-OH is 2. The van der Waals surface area contributed by atoms with Crippen LogP contribution in [-0.2, 0) is 6.54 Å². The van der Waals surface area contributed by atoms with Gasteiger partial charge in [0.15, 0.2) is 23.6 Å². The van der Waals surface area contributed by atoms with Crippen molar-refractivity contribution >= 4 is 29.2 Å². The number of aromatic amines is 1. The van der Waals surface area contributed by atoms with Crippen LogP contribution in [0.5, 0.6) is 0 Å². The van der Waals surface area contributed by atoms with Crippen molar-refractivity contribution < 1.29 is 28.2 Å². The Morgan fingerprint density at radius 2 is 1.93 bits per heavy atom. The average Bonchev–Trinajstić information content (AvgIpc) is 3.63. The number of amides is 1. The van der Waals surface area contributed by atoms with Crippen molar-refractivity contribution in [3.8, 4) is 5.69 Å². The molecule has 0 radical (unpaired) electrons. The molecule has 0 bridgehead atoms. The Labute approximate surface area is 241 Å². The maximum absolute atomic E-state index is 13.2. The number of carbonyl (C=O) groups is 1. The molecule has 5 rings (SSSR count). The van der Waals surface area contributed by atoms with Gasteiger partial charge in [-0.25, -0.2) is 19.7 Å². The Morgan fingerprint density at radius 3 is 2.60 bits per heavy atom. The van der Waals surface area contributed by atoms with E-state index in [1.54, 1.807) is 26.0 Å². The van der Waals surface area contributed by atoms with Gasteiger partial charge in [-0.1, -0.05) is 11.6 Å². The highest BCUT2D eigenvalue weighted by Gasteiger charge is 2.43. The fraction of sp³-hybridized carbons (Fsp3) is 0.280. The maximum atomic E-state index is 13.2. The first-order chi connectivity index (χ1) is 19.9. The molecule has 17 heteroatoms. The van der Waals surface area contributed by atoms with Crippen LogP contribution in [0.3, 0.4) is 0 Å². The molecule has 1 unspecified atom stereocenters. The van der Waals surface area contributed by atoms with Crippen molar-refractivity contribution in [2.45, 2.75) is 39.0 Å². The number of aliphatic hydroxyl groups is 2. The number of amidine groups is 1. The number of nitrogens with zero attached hydrogens (tertiary/aromatic N) is 8. The second-order valence-electron chi connectivity index (χ2n) is 9.32. The molecule has 13 nitrogen and oxygen atoms in total. The van der Waals surface area contributed by atoms with Crippen LogP contribution in [0, 0.1) is 13.8 Å². The molecule has 0 saturated heterocycles. The smallest absolute Gasteiger partial charge is 0.382 e. The number of hydrogen-bond donors (Lipinski definition) is 4. The van der Waals surface area contributed by atoms with Gasteiger partial charge >= 0.3 is 6.18 Å². The Bertz CT molecular complexity index is 1600. The van der Waals surface area contributed by atoms with Gasteiger partial charge in [0.25, 0.3) is 5.91 Å². The molecule has 4 N–H and O–H groups in total. The number of carbonyl (C=O) groups excluding carboxylic acids is 1. The van der Waals surface area contributed by atoms with Crippen LogP contribution >= 0.6 is 11.6 Å². The van der Waals surface area contributed by atoms with E-state index in [0.717, 1.165) is 9.91 Å². The zero-order valence-corrected chi connectivity index (χ0v) is 22.8. The van der Waals surface area contributed by atoms with Gasteiger partial charge < -0.3 is 20.4 Å². The molecule has 1 amide bonds. The minimum Gasteiger partial charge on any atom is -0.382 e. The van der Waals surface area contributed by atoms with Gasteiger partial charge in [-0.05, 0) is 50.2 Å². The molecular weight excluding hydrogens is 581 g/mol. The lowest BCUT2D eigenvalue weighted by molar-refractivity contribution is -0.212. The third-order valence-corrected chi connectivity index (χ3v) is 6.61. The van der Waals surface area contributed by atoms with Crippen LogP contribution in [0.15, 0.2) is 54.0 Å². The normalized spacial score (nSPS) is 16.1. The summed E-state index contributed by atoms with van der Waals surface area (Å²) in [7, 11) is 0. The monoisotopic (exact) mass is 604 g/mol. The van der Waals surface area contributed by atoms with E-state index in [-0.39, 0.29) is 24.0 Å². The van der Waals surface area contributed by atoms with E-state index < -0.39 is 31.1 Å². The summed E-state index contributed by atoms with van der Waals surface area (Å²) in [5, 5.41) is 40.3. The number of β-amino-alcohol motifs (C(OH)–C–C–N with tert-alkyl or cyclic N) is 1. The first kappa shape index (κ1) is 29.0. The van der Waals surface area contributed by atoms with Gasteiger partial charge in [0, 0.05) is 22.5 Å². The Hall–Kier alpha value is -4.54. The van der Waals surface area contributed by atoms with Crippen molar-refractivity contribution in [1.29, 1.82) is 0 Å². The highest BCUT2D eigenvalue weighted by molar-refractivity contribution is 6.30. The summed E-state index contributed by atoms with van der Waals surface area (Å²) in [6.45, 7) is 2.23. The topological polar surface area (TPSA) is 161 Å². The second kappa shape index (κ2) is 11.4. The van der Waals surface area contributed by atoms with Gasteiger partial charge in [0.2, 0.25) is 6.35 Å². The van der Waals surface area contributed by atoms with Crippen LogP contribution in [0.25, 0.3) is 5.69 Å². The average molecular weight is 605 g/mol. The maximum Gasteiger partial charge on any atom is 0.416 e. The first-order valence-electron chi connectivity index (χ1n) is 12.4. The van der Waals surface area contributed by atoms with E-state index in [4.69, 9.17) is 11.6 Å². The van der Waals surface area contributed by atoms with Crippen LogP contribution in [0.1, 0.15) is 33.1 Å². The molecule has 1 aliphatic rings. The van der Waals surface area contributed by atoms with E-state index in [9.17, 15) is 28.2 Å². The van der Waals surface area contributed by atoms with Crippen LogP contribution in [0.2, 0.25) is 5.02 Å². The van der Waals surface area contributed by atoms with E-state index in [1.807, 2.05) is 0 Å². The number of aromatic nitrogens is 6. The fourth-order valence-corrected chi connectivity index (χ4v) is 4.40. The summed E-state index contributed by atoms with van der Waals surface area (Å²) in [4.78, 5) is 22.3. The minimum absolute atomic E-state index is 0.0102. The lowest BCUT2D eigenvalue weighted by Crippen LogP contribution is -2.49. The SMILES string of the molecule is Cc1n[nH]c(C)c1C(=O)Nc1ncccc1-n1cnc(CN2N=C(c3ccc(Cl)cc3)N(C[C@H](O)C(F)(F)F)C2O)n1. The van der Waals surface area contributed by atoms with Crippen molar-refractivity contribution in [3.05, 3.63) is 82.3 Å². The van der Waals surface area contributed by atoms with Crippen LogP contribution in [0.4, 0.5) is 19.0 Å². The third-order valence-electron chi connectivity index (χ3n) is 6.35. The van der Waals surface area contributed by atoms with Crippen molar-refractivity contribution in [1.82, 2.24) is 39.9 Å². The number of hydrogen-bond acceptors (Lipinski definition) is 10. The summed E-state index contributed by atoms with van der Waals surface area (Å²) >= 11 is 5.94. The molecule has 0 fully saturated rings. The van der Waals surface area contributed by atoms with Gasteiger partial charge in [0.05, 0.1) is 17.8 Å². The van der Waals surface area contributed by atoms with Crippen molar-refractivity contribution in [3.63, 3.8) is 0 Å². The lowest BCUT2D eigenvalue weighted by Gasteiger charge is -2.29. The molecular formula is C25H24ClF3N10O3. The number of benzene rings is 1. The molecule has 42 heavy (non-hydrogen) atoms. The molecule has 4 aromatic rings. The van der Waals surface area contributed by atoms with E-state index in [0.29, 0.717) is 33.2 Å². The number of anilines is 1. The first-order valence-corrected chi connectivity index (χ1v) is 12.8. The number of alkyl halides is 3. The standard InChI is InChI=1S/C25H24ClF3N10O3/c1-13-20(14(2)34-33-13)23(41)32-21-17(4-3-9-30-21)39-12-31-19(35-39)11-38-24(42)37(10-18(40)25(27,28)29)22(36-38)15-5-7-16(26)8-6-15/h3-9,12,18,24,40,42H,10-11H2,1-2H3,(H,33,34)(H,30,32,41)/t18-,24?/m0/s1. The van der Waals surface area contributed by atoms with Gasteiger partial charge in [0.1, 0.15) is 18.6 Å². The molecule has 4 heterocycles. The number of H-pyrrole nitrogens is 1. The molecule has 1 aliphatic heterocycles. The largest absolute Gasteiger partial charge is 0.416 e. The van der Waals surface area contributed by atoms with Crippen LogP contribution in [-0.4, -0.2) is 87.0 Å². The molecule has 3 aromatic heterocycles. The Kier molecular flexibility index (Phi) is 7.85. The highest BCUT2D eigenvalue weighted by Crippen LogP contribution is 2.27. The zero-order chi connectivity index (χ0) is 30.2. The number of pyridine rings is 1. The lowest BCUT2D eigenvalue weighted by atomic mass is 10.2. The molecule has 2 atom stereocenters. The Morgan fingerprint density at radius 1 is 1.19 bits per heavy atom. The minimum atomic E-state index is -4.91. The quantitative estimate of drug-likeness (QED) is 0.237. The second-order valence-corrected chi connectivity index (χ2v) is 9.76. The van der Waals surface area contributed by atoms with Gasteiger partial charge in [-0.15, -0.1) is 5.10 Å². The Balaban J connectivity index is 1.38. The van der Waals surface area contributed by atoms with Gasteiger partial charge in [-0.2, -0.15) is 23.4 Å². The molecule has 0 spiro atoms. The van der Waals surface area contributed by atoms with Crippen molar-refractivity contribution in [2.24, 2.45) is 5.10 Å². The molecule has 220 valence electrons. The van der Waals surface area contributed by atoms with E-state index >= 15 is 0 Å². The predicted octanol–water partition coefficient (Wildman–Crippen LogP) is 2.59. The molecule has 0 aliphatic carbocycles.